The van der Waals surface area contributed by atoms with Gasteiger partial charge in [-0.2, -0.15) is 5.10 Å². The summed E-state index contributed by atoms with van der Waals surface area (Å²) in [6.45, 7) is 8.99. The average molecular weight is 534 g/mol. The van der Waals surface area contributed by atoms with Crippen LogP contribution in [0.4, 0.5) is 5.95 Å². The van der Waals surface area contributed by atoms with E-state index in [1.807, 2.05) is 19.2 Å². The molecule has 0 radical (unpaired) electrons. The van der Waals surface area contributed by atoms with Crippen LogP contribution < -0.4 is 16.0 Å². The highest BCUT2D eigenvalue weighted by atomic mass is 16.3. The van der Waals surface area contributed by atoms with Gasteiger partial charge >= 0.3 is 0 Å². The molecule has 0 amide bonds. The quantitative estimate of drug-likeness (QED) is 0.278. The Bertz CT molecular complexity index is 1430. The Balaban J connectivity index is 0.00000112. The van der Waals surface area contributed by atoms with Crippen molar-refractivity contribution in [3.8, 4) is 28.3 Å². The van der Waals surface area contributed by atoms with Crippen molar-refractivity contribution in [3.05, 3.63) is 48.4 Å². The van der Waals surface area contributed by atoms with Gasteiger partial charge in [-0.1, -0.05) is 6.07 Å². The summed E-state index contributed by atoms with van der Waals surface area (Å²) in [7, 11) is 2.02. The third-order valence-corrected chi connectivity index (χ3v) is 6.81. The Labute approximate surface area is 226 Å². The molecule has 0 atom stereocenters. The van der Waals surface area contributed by atoms with E-state index < -0.39 is 0 Å². The molecule has 12 nitrogen and oxygen atoms in total. The number of phenolic OH excluding ortho intramolecular Hbond substituents is 1. The Morgan fingerprint density at radius 2 is 1.82 bits per heavy atom. The lowest BCUT2D eigenvalue weighted by Crippen LogP contribution is -2.62. The van der Waals surface area contributed by atoms with Gasteiger partial charge in [0.15, 0.2) is 5.65 Å². The molecule has 1 fully saturated rings. The Hall–Kier alpha value is -4.16. The van der Waals surface area contributed by atoms with E-state index in [9.17, 15) is 5.11 Å². The fourth-order valence-electron chi connectivity index (χ4n) is 5.44. The number of hydrogen-bond donors (Lipinski definition) is 4. The summed E-state index contributed by atoms with van der Waals surface area (Å²) in [5.74, 6) is 0.647. The minimum absolute atomic E-state index is 0.0176. The maximum atomic E-state index is 10.8. The van der Waals surface area contributed by atoms with E-state index >= 15 is 0 Å². The van der Waals surface area contributed by atoms with Crippen molar-refractivity contribution in [1.29, 1.82) is 0 Å². The monoisotopic (exact) mass is 533 g/mol. The number of carbonyl (C=O) groups is 1. The number of anilines is 1. The molecule has 0 bridgehead atoms. The first kappa shape index (κ1) is 27.9. The molecule has 0 spiro atoms. The number of nitrogens with zero attached hydrogens (tertiary/aromatic N) is 7. The number of piperidine rings is 1. The van der Waals surface area contributed by atoms with Crippen LogP contribution in [0.1, 0.15) is 46.1 Å². The van der Waals surface area contributed by atoms with Gasteiger partial charge in [0, 0.05) is 59.8 Å². The Morgan fingerprint density at radius 1 is 1.13 bits per heavy atom. The van der Waals surface area contributed by atoms with E-state index in [1.54, 1.807) is 35.2 Å². The predicted octanol–water partition coefficient (Wildman–Crippen LogP) is 2.86. The summed E-state index contributed by atoms with van der Waals surface area (Å²) in [6, 6.07) is 7.55. The summed E-state index contributed by atoms with van der Waals surface area (Å²) >= 11 is 0. The fraction of sp³-hybridized carbons (Fsp3) is 0.407. The van der Waals surface area contributed by atoms with E-state index in [1.165, 1.54) is 0 Å². The van der Waals surface area contributed by atoms with Crippen LogP contribution in [-0.2, 0) is 11.3 Å². The molecule has 4 heterocycles. The molecule has 1 aliphatic heterocycles. The van der Waals surface area contributed by atoms with E-state index in [0.717, 1.165) is 29.6 Å². The number of carboxylic acid groups (broad SMARTS) is 1. The van der Waals surface area contributed by atoms with Crippen LogP contribution in [0.25, 0.3) is 28.2 Å². The van der Waals surface area contributed by atoms with Gasteiger partial charge in [0.1, 0.15) is 11.4 Å². The van der Waals surface area contributed by atoms with Gasteiger partial charge < -0.3 is 26.2 Å². The second kappa shape index (κ2) is 10.9. The number of rotatable bonds is 5. The lowest BCUT2D eigenvalue weighted by molar-refractivity contribution is -0.122. The van der Waals surface area contributed by atoms with Gasteiger partial charge in [0.25, 0.3) is 6.47 Å². The van der Waals surface area contributed by atoms with Gasteiger partial charge in [0.05, 0.1) is 11.9 Å². The second-order valence-corrected chi connectivity index (χ2v) is 11.0. The first-order chi connectivity index (χ1) is 18.5. The molecule has 3 aromatic heterocycles. The largest absolute Gasteiger partial charge is 0.507 e. The Kier molecular flexibility index (Phi) is 7.79. The number of hydrogen-bond acceptors (Lipinski definition) is 10. The molecule has 1 saturated heterocycles. The van der Waals surface area contributed by atoms with Crippen LogP contribution >= 0.6 is 0 Å². The minimum Gasteiger partial charge on any atom is -0.507 e. The third-order valence-electron chi connectivity index (χ3n) is 6.81. The number of nitrogens with two attached hydrogens (primary N) is 1. The molecule has 5 rings (SSSR count). The molecule has 12 heteroatoms. The summed E-state index contributed by atoms with van der Waals surface area (Å²) in [4.78, 5) is 19.4. The number of fused-ring (bicyclic) bond motifs is 1. The topological polar surface area (TPSA) is 168 Å². The number of aromatic nitrogens is 6. The third kappa shape index (κ3) is 6.13. The molecule has 0 saturated carbocycles. The first-order valence-electron chi connectivity index (χ1n) is 12.6. The van der Waals surface area contributed by atoms with Crippen LogP contribution in [0.2, 0.25) is 0 Å². The second-order valence-electron chi connectivity index (χ2n) is 11.0. The zero-order valence-corrected chi connectivity index (χ0v) is 22.8. The van der Waals surface area contributed by atoms with Gasteiger partial charge in [-0.3, -0.25) is 4.79 Å². The van der Waals surface area contributed by atoms with Gasteiger partial charge in [-0.05, 0) is 58.7 Å². The van der Waals surface area contributed by atoms with Crippen LogP contribution in [0, 0.1) is 0 Å². The number of aromatic hydroxyl groups is 1. The van der Waals surface area contributed by atoms with Gasteiger partial charge in [-0.25, -0.2) is 14.5 Å². The number of nitrogens with one attached hydrogen (secondary N) is 1. The lowest BCUT2D eigenvalue weighted by Gasteiger charge is -2.48. The van der Waals surface area contributed by atoms with E-state index in [-0.39, 0.29) is 29.3 Å². The van der Waals surface area contributed by atoms with Crippen molar-refractivity contribution in [2.45, 2.75) is 64.2 Å². The van der Waals surface area contributed by atoms with Crippen LogP contribution in [0.15, 0.2) is 42.9 Å². The first-order valence-corrected chi connectivity index (χ1v) is 12.6. The highest BCUT2D eigenvalue weighted by molar-refractivity contribution is 5.73. The molecular weight excluding hydrogens is 498 g/mol. The van der Waals surface area contributed by atoms with Crippen LogP contribution in [0.3, 0.4) is 0 Å². The molecule has 5 N–H and O–H groups in total. The molecule has 1 aromatic carbocycles. The maximum absolute atomic E-state index is 10.8. The molecule has 0 unspecified atom stereocenters. The Morgan fingerprint density at radius 3 is 2.41 bits per heavy atom. The summed E-state index contributed by atoms with van der Waals surface area (Å²) in [6.07, 6.45) is 7.08. The fourth-order valence-corrected chi connectivity index (χ4v) is 5.44. The van der Waals surface area contributed by atoms with Crippen molar-refractivity contribution in [2.75, 3.05) is 11.9 Å². The van der Waals surface area contributed by atoms with Crippen molar-refractivity contribution >= 4 is 18.1 Å². The highest BCUT2D eigenvalue weighted by Gasteiger charge is 2.39. The van der Waals surface area contributed by atoms with E-state index in [2.05, 4.69) is 63.2 Å². The smallest absolute Gasteiger partial charge is 0.290 e. The van der Waals surface area contributed by atoms with E-state index in [0.29, 0.717) is 29.4 Å². The molecule has 0 aliphatic carbocycles. The van der Waals surface area contributed by atoms with E-state index in [4.69, 9.17) is 15.6 Å². The zero-order valence-electron chi connectivity index (χ0n) is 22.8. The molecule has 39 heavy (non-hydrogen) atoms. The normalized spacial score (nSPS) is 16.4. The molecule has 1 aliphatic rings. The summed E-state index contributed by atoms with van der Waals surface area (Å²) in [5, 5.41) is 34.8. The number of benzene rings is 1. The zero-order chi connectivity index (χ0) is 28.4. The molecular formula is C27H35N9O3. The van der Waals surface area contributed by atoms with Gasteiger partial charge in [0.2, 0.25) is 5.95 Å². The predicted molar refractivity (Wildman–Crippen MR) is 148 cm³/mol. The standard InChI is InChI=1S/C26H33N9O.CH2O2/c1-25(2)12-18(13-26(3,4)33-25)34(5)24-29-15-21(30-31-24)19-7-6-16(11-22(19)36)20-10-17(14-27)23-28-8-9-35(23)32-20;2-1-3/h6-11,15,18,33,36H,12-14,27H2,1-5H3;1H,(H,2,3). The highest BCUT2D eigenvalue weighted by Crippen LogP contribution is 2.34. The maximum Gasteiger partial charge on any atom is 0.290 e. The average Bonchev–Trinajstić information content (AvgIpc) is 3.35. The summed E-state index contributed by atoms with van der Waals surface area (Å²) in [5.41, 5.74) is 10.0. The number of imidazole rings is 1. The van der Waals surface area contributed by atoms with Gasteiger partial charge in [-0.15, -0.1) is 10.2 Å². The van der Waals surface area contributed by atoms with Crippen molar-refractivity contribution in [3.63, 3.8) is 0 Å². The SMILES string of the molecule is CN(c1ncc(-c2ccc(-c3cc(CN)c4nccn4n3)cc2O)nn1)C1CC(C)(C)NC(C)(C)C1.O=CO. The number of phenols is 1. The van der Waals surface area contributed by atoms with Crippen LogP contribution in [-0.4, -0.2) is 70.6 Å². The minimum atomic E-state index is -0.250. The molecule has 4 aromatic rings. The summed E-state index contributed by atoms with van der Waals surface area (Å²) < 4.78 is 1.69. The van der Waals surface area contributed by atoms with Crippen molar-refractivity contribution in [1.82, 2.24) is 35.1 Å². The van der Waals surface area contributed by atoms with Crippen LogP contribution in [0.5, 0.6) is 5.75 Å². The van der Waals surface area contributed by atoms with Crippen molar-refractivity contribution < 1.29 is 15.0 Å². The molecule has 206 valence electrons. The van der Waals surface area contributed by atoms with Crippen molar-refractivity contribution in [2.24, 2.45) is 5.73 Å². The lowest BCUT2D eigenvalue weighted by atomic mass is 9.79.